The van der Waals surface area contributed by atoms with Gasteiger partial charge in [-0.2, -0.15) is 0 Å². The fourth-order valence-corrected chi connectivity index (χ4v) is 3.15. The van der Waals surface area contributed by atoms with E-state index in [0.717, 1.165) is 11.1 Å². The molecule has 0 radical (unpaired) electrons. The molecule has 1 aliphatic rings. The lowest BCUT2D eigenvalue weighted by Crippen LogP contribution is -2.56. The molecule has 0 heterocycles. The van der Waals surface area contributed by atoms with E-state index in [1.54, 1.807) is 36.4 Å². The topological polar surface area (TPSA) is 64.3 Å². The zero-order valence-electron chi connectivity index (χ0n) is 14.5. The van der Waals surface area contributed by atoms with Crippen molar-refractivity contribution in [3.8, 4) is 5.75 Å². The molecule has 2 aromatic carbocycles. The second-order valence-electron chi connectivity index (χ2n) is 6.22. The van der Waals surface area contributed by atoms with E-state index in [-0.39, 0.29) is 23.3 Å². The lowest BCUT2D eigenvalue weighted by molar-refractivity contribution is -0.125. The Bertz CT molecular complexity index is 894. The van der Waals surface area contributed by atoms with Crippen LogP contribution < -0.4 is 15.8 Å². The summed E-state index contributed by atoms with van der Waals surface area (Å²) in [6.07, 6.45) is 5.71. The molecule has 1 unspecified atom stereocenters. The van der Waals surface area contributed by atoms with E-state index in [1.807, 2.05) is 24.3 Å². The summed E-state index contributed by atoms with van der Waals surface area (Å²) in [5, 5.41) is 2.94. The fraction of sp³-hybridized carbons (Fsp3) is 0.143. The van der Waals surface area contributed by atoms with E-state index >= 15 is 0 Å². The van der Waals surface area contributed by atoms with Gasteiger partial charge in [0, 0.05) is 6.42 Å². The number of carbonyl (C=O) groups is 1. The highest BCUT2D eigenvalue weighted by Gasteiger charge is 2.38. The molecule has 0 amide bonds. The van der Waals surface area contributed by atoms with Crippen molar-refractivity contribution in [3.63, 3.8) is 0 Å². The maximum absolute atomic E-state index is 13.2. The Balaban J connectivity index is 1.81. The third-order valence-electron chi connectivity index (χ3n) is 4.32. The van der Waals surface area contributed by atoms with Gasteiger partial charge < -0.3 is 15.8 Å². The smallest absolute Gasteiger partial charge is 0.199 e. The highest BCUT2D eigenvalue weighted by molar-refractivity contribution is 7.80. The van der Waals surface area contributed by atoms with Gasteiger partial charge >= 0.3 is 0 Å². The van der Waals surface area contributed by atoms with E-state index in [4.69, 9.17) is 22.7 Å². The van der Waals surface area contributed by atoms with Crippen molar-refractivity contribution in [2.75, 3.05) is 6.61 Å². The third kappa shape index (κ3) is 4.60. The lowest BCUT2D eigenvalue weighted by Gasteiger charge is -2.33. The normalized spacial score (nSPS) is 18.5. The molecule has 3 rings (SSSR count). The molecule has 27 heavy (non-hydrogen) atoms. The van der Waals surface area contributed by atoms with Crippen molar-refractivity contribution >= 4 is 28.7 Å². The first kappa shape index (κ1) is 18.8. The number of thiocarbonyl (C=S) groups is 1. The van der Waals surface area contributed by atoms with E-state index in [0.29, 0.717) is 12.2 Å². The molecule has 2 aromatic rings. The van der Waals surface area contributed by atoms with Gasteiger partial charge in [0.25, 0.3) is 0 Å². The van der Waals surface area contributed by atoms with Gasteiger partial charge in [0.2, 0.25) is 0 Å². The number of rotatable bonds is 6. The third-order valence-corrected chi connectivity index (χ3v) is 4.42. The van der Waals surface area contributed by atoms with Crippen molar-refractivity contribution in [1.82, 2.24) is 5.32 Å². The molecular formula is C21H19FN2O2S. The number of ketones is 1. The van der Waals surface area contributed by atoms with Crippen molar-refractivity contribution in [2.24, 2.45) is 5.73 Å². The fourth-order valence-electron chi connectivity index (χ4n) is 2.97. The number of halogens is 1. The first-order valence-electron chi connectivity index (χ1n) is 8.42. The van der Waals surface area contributed by atoms with Gasteiger partial charge in [-0.3, -0.25) is 4.79 Å². The van der Waals surface area contributed by atoms with Crippen LogP contribution in [0.3, 0.4) is 0 Å². The summed E-state index contributed by atoms with van der Waals surface area (Å²) in [5.41, 5.74) is 6.27. The molecule has 0 aromatic heterocycles. The SMILES string of the molecule is NC(=S)NC1(C(=O)COc2ccccc2)C=CC=C(c2ccc(F)cc2)C1. The second kappa shape index (κ2) is 8.14. The van der Waals surface area contributed by atoms with Crippen molar-refractivity contribution in [2.45, 2.75) is 12.0 Å². The van der Waals surface area contributed by atoms with Crippen LogP contribution in [0.4, 0.5) is 4.39 Å². The molecule has 4 nitrogen and oxygen atoms in total. The van der Waals surface area contributed by atoms with Crippen LogP contribution in [0.25, 0.3) is 5.57 Å². The predicted octanol–water partition coefficient (Wildman–Crippen LogP) is 3.39. The zero-order valence-corrected chi connectivity index (χ0v) is 15.3. The maximum atomic E-state index is 13.2. The van der Waals surface area contributed by atoms with Gasteiger partial charge in [0.15, 0.2) is 10.9 Å². The standard InChI is InChI=1S/C21H19FN2O2S/c22-17-10-8-15(9-11-17)16-5-4-12-21(13-16,24-20(23)27)19(25)14-26-18-6-2-1-3-7-18/h1-12H,13-14H2,(H3,23,24,27). The van der Waals surface area contributed by atoms with Crippen LogP contribution >= 0.6 is 12.2 Å². The number of hydrogen-bond acceptors (Lipinski definition) is 3. The second-order valence-corrected chi connectivity index (χ2v) is 6.66. The number of Topliss-reactive ketones (excluding diaryl/α,β-unsaturated/α-hetero) is 1. The predicted molar refractivity (Wildman–Crippen MR) is 108 cm³/mol. The highest BCUT2D eigenvalue weighted by atomic mass is 32.1. The van der Waals surface area contributed by atoms with Gasteiger partial charge in [-0.15, -0.1) is 0 Å². The van der Waals surface area contributed by atoms with Crippen LogP contribution in [0.5, 0.6) is 5.75 Å². The lowest BCUT2D eigenvalue weighted by atomic mass is 9.81. The number of para-hydroxylation sites is 1. The van der Waals surface area contributed by atoms with Gasteiger partial charge in [0.05, 0.1) is 0 Å². The van der Waals surface area contributed by atoms with Gasteiger partial charge in [0.1, 0.15) is 23.7 Å². The molecule has 138 valence electrons. The summed E-state index contributed by atoms with van der Waals surface area (Å²) in [4.78, 5) is 13.0. The number of hydrogen-bond donors (Lipinski definition) is 2. The Kier molecular flexibility index (Phi) is 5.66. The van der Waals surface area contributed by atoms with Crippen LogP contribution in [0.15, 0.2) is 72.8 Å². The van der Waals surface area contributed by atoms with Crippen LogP contribution in [0, 0.1) is 5.82 Å². The van der Waals surface area contributed by atoms with Crippen LogP contribution in [-0.2, 0) is 4.79 Å². The maximum Gasteiger partial charge on any atom is 0.199 e. The summed E-state index contributed by atoms with van der Waals surface area (Å²) in [6.45, 7) is -0.138. The summed E-state index contributed by atoms with van der Waals surface area (Å²) in [6, 6.07) is 15.2. The van der Waals surface area contributed by atoms with Crippen molar-refractivity contribution < 1.29 is 13.9 Å². The molecule has 0 saturated heterocycles. The molecule has 0 spiro atoms. The molecular weight excluding hydrogens is 363 g/mol. The minimum absolute atomic E-state index is 0.0214. The number of benzene rings is 2. The van der Waals surface area contributed by atoms with Crippen molar-refractivity contribution in [1.29, 1.82) is 0 Å². The summed E-state index contributed by atoms with van der Waals surface area (Å²) >= 11 is 4.99. The highest BCUT2D eigenvalue weighted by Crippen LogP contribution is 2.31. The van der Waals surface area contributed by atoms with Gasteiger partial charge in [-0.1, -0.05) is 48.6 Å². The Hall–Kier alpha value is -2.99. The minimum Gasteiger partial charge on any atom is -0.486 e. The number of carbonyl (C=O) groups excluding carboxylic acids is 1. The summed E-state index contributed by atoms with van der Waals surface area (Å²) in [5.74, 6) is 0.0825. The van der Waals surface area contributed by atoms with E-state index in [1.165, 1.54) is 12.1 Å². The Labute approximate surface area is 162 Å². The van der Waals surface area contributed by atoms with Crippen LogP contribution in [-0.4, -0.2) is 23.0 Å². The van der Waals surface area contributed by atoms with E-state index < -0.39 is 5.54 Å². The molecule has 0 saturated carbocycles. The Morgan fingerprint density at radius 2 is 1.89 bits per heavy atom. The molecule has 1 atom stereocenters. The number of nitrogens with one attached hydrogen (secondary N) is 1. The average Bonchev–Trinajstić information content (AvgIpc) is 2.67. The minimum atomic E-state index is -1.11. The first-order chi connectivity index (χ1) is 13.0. The number of allylic oxidation sites excluding steroid dienone is 2. The molecule has 6 heteroatoms. The summed E-state index contributed by atoms with van der Waals surface area (Å²) in [7, 11) is 0. The van der Waals surface area contributed by atoms with Crippen molar-refractivity contribution in [3.05, 3.63) is 84.2 Å². The number of ether oxygens (including phenoxy) is 1. The van der Waals surface area contributed by atoms with Crippen LogP contribution in [0.1, 0.15) is 12.0 Å². The molecule has 0 fully saturated rings. The Morgan fingerprint density at radius 3 is 2.56 bits per heavy atom. The van der Waals surface area contributed by atoms with Gasteiger partial charge in [-0.25, -0.2) is 4.39 Å². The molecule has 0 aliphatic heterocycles. The average molecular weight is 382 g/mol. The summed E-state index contributed by atoms with van der Waals surface area (Å²) < 4.78 is 18.8. The quantitative estimate of drug-likeness (QED) is 0.750. The van der Waals surface area contributed by atoms with Gasteiger partial charge in [-0.05, 0) is 47.6 Å². The monoisotopic (exact) mass is 382 g/mol. The van der Waals surface area contributed by atoms with E-state index in [9.17, 15) is 9.18 Å². The molecule has 3 N–H and O–H groups in total. The van der Waals surface area contributed by atoms with Crippen LogP contribution in [0.2, 0.25) is 0 Å². The number of nitrogens with two attached hydrogens (primary N) is 1. The largest absolute Gasteiger partial charge is 0.486 e. The Morgan fingerprint density at radius 1 is 1.19 bits per heavy atom. The zero-order chi connectivity index (χ0) is 19.3. The molecule has 0 bridgehead atoms. The molecule has 1 aliphatic carbocycles. The first-order valence-corrected chi connectivity index (χ1v) is 8.82. The van der Waals surface area contributed by atoms with E-state index in [2.05, 4.69) is 5.32 Å².